The minimum Gasteiger partial charge on any atom is -0.312 e. The molecule has 1 nitrogen and oxygen atoms in total. The lowest BCUT2D eigenvalue weighted by atomic mass is 9.79. The van der Waals surface area contributed by atoms with Crippen molar-refractivity contribution in [2.45, 2.75) is 78.3 Å². The molecule has 114 valence electrons. The van der Waals surface area contributed by atoms with Crippen LogP contribution in [-0.2, 0) is 5.41 Å². The van der Waals surface area contributed by atoms with Crippen molar-refractivity contribution >= 4 is 0 Å². The van der Waals surface area contributed by atoms with Gasteiger partial charge in [-0.1, -0.05) is 64.4 Å². The normalized spacial score (nSPS) is 16.7. The summed E-state index contributed by atoms with van der Waals surface area (Å²) < 4.78 is 0. The highest BCUT2D eigenvalue weighted by Gasteiger charge is 2.23. The van der Waals surface area contributed by atoms with Crippen molar-refractivity contribution in [2.24, 2.45) is 5.92 Å². The van der Waals surface area contributed by atoms with Crippen LogP contribution in [0, 0.1) is 5.92 Å². The first-order valence-corrected chi connectivity index (χ1v) is 8.16. The monoisotopic (exact) mass is 275 g/mol. The molecule has 0 saturated carbocycles. The third kappa shape index (κ3) is 5.66. The molecule has 0 heterocycles. The second kappa shape index (κ2) is 7.83. The fraction of sp³-hybridized carbons (Fsp3) is 0.684. The van der Waals surface area contributed by atoms with Gasteiger partial charge in [-0.15, -0.1) is 0 Å². The summed E-state index contributed by atoms with van der Waals surface area (Å²) >= 11 is 0. The lowest BCUT2D eigenvalue weighted by molar-refractivity contribution is 0.332. The van der Waals surface area contributed by atoms with Gasteiger partial charge in [0.25, 0.3) is 0 Å². The highest BCUT2D eigenvalue weighted by atomic mass is 14.9. The lowest BCUT2D eigenvalue weighted by Gasteiger charge is -2.31. The average molecular weight is 275 g/mol. The van der Waals surface area contributed by atoms with Crippen LogP contribution in [0.1, 0.15) is 66.4 Å². The van der Waals surface area contributed by atoms with Gasteiger partial charge in [0.1, 0.15) is 0 Å². The molecule has 0 aliphatic rings. The summed E-state index contributed by atoms with van der Waals surface area (Å²) in [6.07, 6.45) is 3.71. The number of hydrogen-bond acceptors (Lipinski definition) is 1. The molecule has 0 aliphatic heterocycles. The van der Waals surface area contributed by atoms with Crippen LogP contribution in [0.2, 0.25) is 0 Å². The SMILES string of the molecule is CCC(C)CC(C)NC(C)CC(C)(C)c1ccccc1. The second-order valence-electron chi connectivity index (χ2n) is 7.17. The van der Waals surface area contributed by atoms with Crippen molar-refractivity contribution in [1.82, 2.24) is 5.32 Å². The van der Waals surface area contributed by atoms with Crippen LogP contribution >= 0.6 is 0 Å². The molecule has 0 amide bonds. The van der Waals surface area contributed by atoms with Crippen LogP contribution in [0.15, 0.2) is 30.3 Å². The van der Waals surface area contributed by atoms with E-state index in [4.69, 9.17) is 0 Å². The van der Waals surface area contributed by atoms with Gasteiger partial charge in [-0.3, -0.25) is 0 Å². The molecule has 20 heavy (non-hydrogen) atoms. The maximum Gasteiger partial charge on any atom is 0.00494 e. The second-order valence-corrected chi connectivity index (χ2v) is 7.17. The van der Waals surface area contributed by atoms with Crippen LogP contribution in [-0.4, -0.2) is 12.1 Å². The fourth-order valence-corrected chi connectivity index (χ4v) is 3.16. The van der Waals surface area contributed by atoms with E-state index in [1.54, 1.807) is 0 Å². The topological polar surface area (TPSA) is 12.0 Å². The fourth-order valence-electron chi connectivity index (χ4n) is 3.16. The van der Waals surface area contributed by atoms with Crippen LogP contribution in [0.25, 0.3) is 0 Å². The van der Waals surface area contributed by atoms with Gasteiger partial charge in [-0.25, -0.2) is 0 Å². The van der Waals surface area contributed by atoms with Crippen molar-refractivity contribution in [3.05, 3.63) is 35.9 Å². The first kappa shape index (κ1) is 17.2. The van der Waals surface area contributed by atoms with E-state index in [2.05, 4.69) is 77.2 Å². The summed E-state index contributed by atoms with van der Waals surface area (Å²) in [4.78, 5) is 0. The molecule has 0 radical (unpaired) electrons. The van der Waals surface area contributed by atoms with Gasteiger partial charge in [-0.05, 0) is 43.6 Å². The smallest absolute Gasteiger partial charge is 0.00494 e. The summed E-state index contributed by atoms with van der Waals surface area (Å²) in [7, 11) is 0. The first-order chi connectivity index (χ1) is 9.35. The van der Waals surface area contributed by atoms with E-state index in [1.165, 1.54) is 24.8 Å². The van der Waals surface area contributed by atoms with Gasteiger partial charge in [0, 0.05) is 12.1 Å². The Hall–Kier alpha value is -0.820. The first-order valence-electron chi connectivity index (χ1n) is 8.16. The number of rotatable bonds is 8. The molecule has 3 atom stereocenters. The lowest BCUT2D eigenvalue weighted by Crippen LogP contribution is -2.39. The average Bonchev–Trinajstić information content (AvgIpc) is 2.38. The molecule has 1 heteroatoms. The van der Waals surface area contributed by atoms with E-state index >= 15 is 0 Å². The Morgan fingerprint density at radius 3 is 2.15 bits per heavy atom. The molecule has 0 bridgehead atoms. The van der Waals surface area contributed by atoms with Gasteiger partial charge in [0.05, 0.1) is 0 Å². The number of hydrogen-bond donors (Lipinski definition) is 1. The molecule has 0 fully saturated rings. The Morgan fingerprint density at radius 1 is 1.00 bits per heavy atom. The summed E-state index contributed by atoms with van der Waals surface area (Å²) in [5.41, 5.74) is 1.66. The van der Waals surface area contributed by atoms with Crippen molar-refractivity contribution in [3.8, 4) is 0 Å². The van der Waals surface area contributed by atoms with E-state index in [0.717, 1.165) is 5.92 Å². The Morgan fingerprint density at radius 2 is 1.60 bits per heavy atom. The van der Waals surface area contributed by atoms with E-state index in [9.17, 15) is 0 Å². The highest BCUT2D eigenvalue weighted by molar-refractivity contribution is 5.23. The minimum absolute atomic E-state index is 0.226. The van der Waals surface area contributed by atoms with E-state index in [-0.39, 0.29) is 5.41 Å². The Balaban J connectivity index is 2.51. The molecular formula is C19H33N. The predicted octanol–water partition coefficient (Wildman–Crippen LogP) is 5.16. The van der Waals surface area contributed by atoms with Gasteiger partial charge in [0.2, 0.25) is 0 Å². The maximum atomic E-state index is 3.77. The highest BCUT2D eigenvalue weighted by Crippen LogP contribution is 2.28. The third-order valence-electron chi connectivity index (χ3n) is 4.39. The van der Waals surface area contributed by atoms with Gasteiger partial charge < -0.3 is 5.32 Å². The number of benzene rings is 1. The molecule has 1 aromatic rings. The minimum atomic E-state index is 0.226. The summed E-state index contributed by atoms with van der Waals surface area (Å²) in [5, 5.41) is 3.77. The van der Waals surface area contributed by atoms with Crippen molar-refractivity contribution in [2.75, 3.05) is 0 Å². The maximum absolute atomic E-state index is 3.77. The molecule has 0 saturated heterocycles. The summed E-state index contributed by atoms with van der Waals surface area (Å²) in [6.45, 7) is 14.0. The van der Waals surface area contributed by atoms with Crippen LogP contribution in [0.3, 0.4) is 0 Å². The molecule has 0 aromatic heterocycles. The molecule has 0 aliphatic carbocycles. The van der Waals surface area contributed by atoms with Gasteiger partial charge in [0.15, 0.2) is 0 Å². The molecule has 1 aromatic carbocycles. The zero-order valence-corrected chi connectivity index (χ0v) is 14.2. The summed E-state index contributed by atoms with van der Waals surface area (Å²) in [5.74, 6) is 0.812. The zero-order chi connectivity index (χ0) is 15.2. The van der Waals surface area contributed by atoms with Crippen LogP contribution in [0.4, 0.5) is 0 Å². The quantitative estimate of drug-likeness (QED) is 0.691. The predicted molar refractivity (Wildman–Crippen MR) is 90.2 cm³/mol. The molecule has 0 spiro atoms. The van der Waals surface area contributed by atoms with Gasteiger partial charge in [-0.2, -0.15) is 0 Å². The van der Waals surface area contributed by atoms with Crippen LogP contribution < -0.4 is 5.32 Å². The molecule has 1 rings (SSSR count). The molecular weight excluding hydrogens is 242 g/mol. The van der Waals surface area contributed by atoms with Crippen molar-refractivity contribution in [1.29, 1.82) is 0 Å². The van der Waals surface area contributed by atoms with Crippen molar-refractivity contribution in [3.63, 3.8) is 0 Å². The van der Waals surface area contributed by atoms with E-state index in [1.807, 2.05) is 0 Å². The largest absolute Gasteiger partial charge is 0.312 e. The van der Waals surface area contributed by atoms with Gasteiger partial charge >= 0.3 is 0 Å². The zero-order valence-electron chi connectivity index (χ0n) is 14.2. The van der Waals surface area contributed by atoms with Crippen molar-refractivity contribution < 1.29 is 0 Å². The Kier molecular flexibility index (Phi) is 6.75. The third-order valence-corrected chi connectivity index (χ3v) is 4.39. The molecule has 3 unspecified atom stereocenters. The molecule has 1 N–H and O–H groups in total. The number of nitrogens with one attached hydrogen (secondary N) is 1. The summed E-state index contributed by atoms with van der Waals surface area (Å²) in [6, 6.07) is 12.0. The Bertz CT molecular complexity index is 369. The Labute approximate surface area is 126 Å². The van der Waals surface area contributed by atoms with E-state index < -0.39 is 0 Å². The van der Waals surface area contributed by atoms with Crippen LogP contribution in [0.5, 0.6) is 0 Å². The standard InChI is InChI=1S/C19H33N/c1-7-15(2)13-16(3)20-17(4)14-19(5,6)18-11-9-8-10-12-18/h8-12,15-17,20H,7,13-14H2,1-6H3. The van der Waals surface area contributed by atoms with E-state index in [0.29, 0.717) is 12.1 Å².